The lowest BCUT2D eigenvalue weighted by Crippen LogP contribution is -2.59. The topological polar surface area (TPSA) is 90.5 Å². The third kappa shape index (κ3) is 7.44. The van der Waals surface area contributed by atoms with Gasteiger partial charge in [-0.15, -0.1) is 11.8 Å². The first-order valence-corrected chi connectivity index (χ1v) is 18.3. The molecule has 2 saturated heterocycles. The molecule has 0 aromatic heterocycles. The molecule has 2 aliphatic heterocycles. The van der Waals surface area contributed by atoms with Crippen molar-refractivity contribution >= 4 is 29.5 Å². The van der Waals surface area contributed by atoms with Gasteiger partial charge in [0.2, 0.25) is 17.7 Å². The lowest BCUT2D eigenvalue weighted by Gasteiger charge is -2.40. The summed E-state index contributed by atoms with van der Waals surface area (Å²) < 4.78 is 0. The molecule has 2 fully saturated rings. The van der Waals surface area contributed by atoms with E-state index in [1.807, 2.05) is 23.1 Å². The van der Waals surface area contributed by atoms with Crippen LogP contribution in [0, 0.1) is 5.41 Å². The van der Waals surface area contributed by atoms with Crippen LogP contribution in [0.1, 0.15) is 73.7 Å². The van der Waals surface area contributed by atoms with Gasteiger partial charge in [0.25, 0.3) is 0 Å². The van der Waals surface area contributed by atoms with Crippen molar-refractivity contribution in [1.82, 2.24) is 20.9 Å². The van der Waals surface area contributed by atoms with Gasteiger partial charge in [-0.1, -0.05) is 84.9 Å². The van der Waals surface area contributed by atoms with E-state index in [9.17, 15) is 14.4 Å². The van der Waals surface area contributed by atoms with Crippen LogP contribution in [0.5, 0.6) is 0 Å². The maximum absolute atomic E-state index is 14.9. The van der Waals surface area contributed by atoms with Crippen molar-refractivity contribution < 1.29 is 14.4 Å². The van der Waals surface area contributed by atoms with E-state index in [1.54, 1.807) is 25.7 Å². The van der Waals surface area contributed by atoms with Crippen LogP contribution in [0.15, 0.2) is 84.9 Å². The number of hydrogen-bond donors (Lipinski definition) is 3. The average Bonchev–Trinajstić information content (AvgIpc) is 3.36. The van der Waals surface area contributed by atoms with Gasteiger partial charge in [0, 0.05) is 5.41 Å². The van der Waals surface area contributed by atoms with E-state index in [-0.39, 0.29) is 29.1 Å². The number of amides is 3. The fourth-order valence-corrected chi connectivity index (χ4v) is 9.33. The number of nitrogens with one attached hydrogen (secondary N) is 3. The number of aryl methyl sites for hydroxylation is 3. The van der Waals surface area contributed by atoms with Crippen LogP contribution in [-0.4, -0.2) is 58.9 Å². The van der Waals surface area contributed by atoms with Crippen LogP contribution in [0.3, 0.4) is 0 Å². The molecule has 3 N–H and O–H groups in total. The van der Waals surface area contributed by atoms with Crippen LogP contribution >= 0.6 is 11.8 Å². The molecule has 8 heteroatoms. The standard InChI is InChI=1S/C39H48N4O3S/c1-27(40-2)36(44)42-33-22-25-47-34-26-39(23-20-28-12-5-3-6-13-28,24-21-29-14-7-4-8-15-29)35(43(34)38(33)46)37(45)41-32-19-11-17-30-16-9-10-18-31(30)32/h3-10,12-16,18,27,32-35,40H,11,17,19-26H2,1-2H3,(H,41,45)(H,42,44)/t27?,32-,33+,34+,35?/m1/s1. The molecule has 1 aliphatic carbocycles. The van der Waals surface area contributed by atoms with E-state index in [0.29, 0.717) is 6.42 Å². The summed E-state index contributed by atoms with van der Waals surface area (Å²) in [5.74, 6) is 0.332. The number of rotatable bonds is 11. The summed E-state index contributed by atoms with van der Waals surface area (Å²) in [6.07, 6.45) is 7.42. The van der Waals surface area contributed by atoms with Gasteiger partial charge in [-0.3, -0.25) is 14.4 Å². The van der Waals surface area contributed by atoms with Crippen LogP contribution in [-0.2, 0) is 33.6 Å². The van der Waals surface area contributed by atoms with E-state index in [0.717, 1.165) is 57.1 Å². The van der Waals surface area contributed by atoms with Gasteiger partial charge in [-0.2, -0.15) is 0 Å². The Balaban J connectivity index is 1.38. The van der Waals surface area contributed by atoms with Crippen molar-refractivity contribution in [3.63, 3.8) is 0 Å². The summed E-state index contributed by atoms with van der Waals surface area (Å²) in [5.41, 5.74) is 4.50. The molecule has 0 bridgehead atoms. The Morgan fingerprint density at radius 3 is 2.17 bits per heavy atom. The van der Waals surface area contributed by atoms with E-state index < -0.39 is 23.5 Å². The predicted molar refractivity (Wildman–Crippen MR) is 189 cm³/mol. The monoisotopic (exact) mass is 652 g/mol. The third-order valence-corrected chi connectivity index (χ3v) is 11.9. The first-order valence-electron chi connectivity index (χ1n) is 17.3. The van der Waals surface area contributed by atoms with Gasteiger partial charge >= 0.3 is 0 Å². The fourth-order valence-electron chi connectivity index (χ4n) is 7.85. The zero-order chi connectivity index (χ0) is 32.8. The Labute approximate surface area is 283 Å². The highest BCUT2D eigenvalue weighted by molar-refractivity contribution is 7.99. The van der Waals surface area contributed by atoms with E-state index >= 15 is 0 Å². The van der Waals surface area contributed by atoms with Gasteiger partial charge in [0.05, 0.1) is 17.5 Å². The quantitative estimate of drug-likeness (QED) is 0.252. The minimum atomic E-state index is -0.666. The molecule has 0 radical (unpaired) electrons. The van der Waals surface area contributed by atoms with Gasteiger partial charge in [-0.25, -0.2) is 0 Å². The van der Waals surface area contributed by atoms with Crippen molar-refractivity contribution in [2.45, 2.75) is 94.3 Å². The van der Waals surface area contributed by atoms with Crippen LogP contribution in [0.4, 0.5) is 0 Å². The number of fused-ring (bicyclic) bond motifs is 2. The number of nitrogens with zero attached hydrogens (tertiary/aromatic N) is 1. The van der Waals surface area contributed by atoms with Gasteiger partial charge < -0.3 is 20.9 Å². The summed E-state index contributed by atoms with van der Waals surface area (Å²) in [6, 6.07) is 27.5. The molecule has 3 amide bonds. The third-order valence-electron chi connectivity index (χ3n) is 10.6. The molecule has 2 heterocycles. The molecule has 47 heavy (non-hydrogen) atoms. The lowest BCUT2D eigenvalue weighted by molar-refractivity contribution is -0.144. The zero-order valence-electron chi connectivity index (χ0n) is 27.6. The van der Waals surface area contributed by atoms with Gasteiger partial charge in [0.15, 0.2) is 0 Å². The second-order valence-electron chi connectivity index (χ2n) is 13.5. The molecule has 2 unspecified atom stereocenters. The Bertz CT molecular complexity index is 1490. The fraction of sp³-hybridized carbons (Fsp3) is 0.462. The van der Waals surface area contributed by atoms with Crippen molar-refractivity contribution in [1.29, 1.82) is 0 Å². The Morgan fingerprint density at radius 2 is 1.51 bits per heavy atom. The van der Waals surface area contributed by atoms with Crippen molar-refractivity contribution in [2.24, 2.45) is 5.41 Å². The number of thioether (sulfide) groups is 1. The molecule has 0 saturated carbocycles. The first kappa shape index (κ1) is 33.3. The molecule has 0 spiro atoms. The van der Waals surface area contributed by atoms with E-state index in [1.165, 1.54) is 22.3 Å². The molecular formula is C39H48N4O3S. The second-order valence-corrected chi connectivity index (χ2v) is 14.8. The smallest absolute Gasteiger partial charge is 0.246 e. The lowest BCUT2D eigenvalue weighted by atomic mass is 9.71. The minimum Gasteiger partial charge on any atom is -0.347 e. The maximum Gasteiger partial charge on any atom is 0.246 e. The normalized spacial score (nSPS) is 24.0. The molecule has 7 nitrogen and oxygen atoms in total. The summed E-state index contributed by atoms with van der Waals surface area (Å²) in [5, 5.41) is 9.37. The summed E-state index contributed by atoms with van der Waals surface area (Å²) in [7, 11) is 1.74. The predicted octanol–water partition coefficient (Wildman–Crippen LogP) is 5.59. The molecule has 6 rings (SSSR count). The number of likely N-dealkylation sites (N-methyl/N-ethyl adjacent to an activating group) is 1. The van der Waals surface area contributed by atoms with Crippen LogP contribution in [0.25, 0.3) is 0 Å². The Hall–Kier alpha value is -3.62. The largest absolute Gasteiger partial charge is 0.347 e. The highest BCUT2D eigenvalue weighted by Crippen LogP contribution is 2.52. The van der Waals surface area contributed by atoms with Crippen molar-refractivity contribution in [3.05, 3.63) is 107 Å². The average molecular weight is 653 g/mol. The molecular weight excluding hydrogens is 605 g/mol. The minimum absolute atomic E-state index is 0.0696. The Morgan fingerprint density at radius 1 is 0.872 bits per heavy atom. The summed E-state index contributed by atoms with van der Waals surface area (Å²) >= 11 is 1.76. The highest BCUT2D eigenvalue weighted by atomic mass is 32.2. The molecule has 3 aliphatic rings. The first-order chi connectivity index (χ1) is 22.9. The number of carbonyl (C=O) groups excluding carboxylic acids is 3. The van der Waals surface area contributed by atoms with Crippen LogP contribution < -0.4 is 16.0 Å². The van der Waals surface area contributed by atoms with Crippen LogP contribution in [0.2, 0.25) is 0 Å². The van der Waals surface area contributed by atoms with E-state index in [4.69, 9.17) is 0 Å². The van der Waals surface area contributed by atoms with Crippen molar-refractivity contribution in [2.75, 3.05) is 12.8 Å². The molecule has 248 valence electrons. The Kier molecular flexibility index (Phi) is 10.7. The highest BCUT2D eigenvalue weighted by Gasteiger charge is 2.58. The number of hydrogen-bond acceptors (Lipinski definition) is 5. The summed E-state index contributed by atoms with van der Waals surface area (Å²) in [4.78, 5) is 44.5. The molecule has 3 aromatic rings. The van der Waals surface area contributed by atoms with Crippen molar-refractivity contribution in [3.8, 4) is 0 Å². The second kappa shape index (κ2) is 15.1. The maximum atomic E-state index is 14.9. The number of carbonyl (C=O) groups is 3. The summed E-state index contributed by atoms with van der Waals surface area (Å²) in [6.45, 7) is 1.79. The molecule has 3 aromatic carbocycles. The van der Waals surface area contributed by atoms with E-state index in [2.05, 4.69) is 82.7 Å². The molecule has 5 atom stereocenters. The SMILES string of the molecule is CNC(C)C(=O)N[C@H]1CCS[C@H]2CC(CCc3ccccc3)(CCc3ccccc3)C(C(=O)N[C@@H]3CCCc4ccccc43)N2C1=O. The number of benzene rings is 3. The zero-order valence-corrected chi connectivity index (χ0v) is 28.4. The van der Waals surface area contributed by atoms with Gasteiger partial charge in [0.1, 0.15) is 12.1 Å². The van der Waals surface area contributed by atoms with Gasteiger partial charge in [-0.05, 0) is 99.8 Å².